The predicted molar refractivity (Wildman–Crippen MR) is 470 cm³/mol. The zero-order valence-corrected chi connectivity index (χ0v) is 70.7. The van der Waals surface area contributed by atoms with Gasteiger partial charge in [-0.2, -0.15) is 39.5 Å². The maximum absolute atomic E-state index is 13.0. The van der Waals surface area contributed by atoms with Gasteiger partial charge in [-0.05, 0) is 237 Å². The second-order valence-corrected chi connectivity index (χ2v) is 28.0. The van der Waals surface area contributed by atoms with Crippen LogP contribution in [0.25, 0.3) is 0 Å². The number of halogens is 13. The van der Waals surface area contributed by atoms with Gasteiger partial charge in [0, 0.05) is 108 Å². The zero-order chi connectivity index (χ0) is 92.1. The topological polar surface area (TPSA) is 327 Å². The molecule has 0 unspecified atom stereocenters. The van der Waals surface area contributed by atoms with Gasteiger partial charge >= 0.3 is 42.7 Å². The van der Waals surface area contributed by atoms with Gasteiger partial charge in [0.1, 0.15) is 63.1 Å². The highest BCUT2D eigenvalue weighted by Crippen LogP contribution is 2.40. The number of carbonyl (C=O) groups excluding carboxylic acids is 7. The third-order valence-electron chi connectivity index (χ3n) is 17.2. The minimum absolute atomic E-state index is 0.0278. The van der Waals surface area contributed by atoms with Crippen LogP contribution in [0.1, 0.15) is 92.5 Å². The van der Waals surface area contributed by atoms with Crippen LogP contribution in [0.3, 0.4) is 0 Å². The monoisotopic (exact) mass is 1830 g/mol. The lowest BCUT2D eigenvalue weighted by molar-refractivity contribution is -0.138. The summed E-state index contributed by atoms with van der Waals surface area (Å²) in [7, 11) is 3.03. The number of nitrogens with one attached hydrogen (secondary N) is 11. The molecule has 11 amide bonds. The van der Waals surface area contributed by atoms with E-state index >= 15 is 0 Å². The summed E-state index contributed by atoms with van der Waals surface area (Å²) in [4.78, 5) is 96.1. The molecule has 0 aliphatic heterocycles. The summed E-state index contributed by atoms with van der Waals surface area (Å²) in [6.45, 7) is 8.21. The Labute approximate surface area is 740 Å². The van der Waals surface area contributed by atoms with Crippen LogP contribution in [0.15, 0.2) is 243 Å². The first-order valence-electron chi connectivity index (χ1n) is 38.0. The quantitative estimate of drug-likeness (QED) is 0.0265. The number of rotatable bonds is 23. The number of alkyl halides is 9. The summed E-state index contributed by atoms with van der Waals surface area (Å²) >= 11 is 22.9. The Hall–Kier alpha value is -14.4. The molecular weight excluding hydrogens is 1750 g/mol. The van der Waals surface area contributed by atoms with Crippen LogP contribution >= 0.6 is 46.4 Å². The van der Waals surface area contributed by atoms with Crippen molar-refractivity contribution in [1.82, 2.24) is 30.9 Å². The molecule has 127 heavy (non-hydrogen) atoms. The normalized spacial score (nSPS) is 10.8. The summed E-state index contributed by atoms with van der Waals surface area (Å²) in [5, 5.41) is 27.2. The van der Waals surface area contributed by atoms with E-state index in [-0.39, 0.29) is 57.9 Å². The number of ether oxygens (including phenoxy) is 4. The summed E-state index contributed by atoms with van der Waals surface area (Å²) in [5.41, 5.74) is 2.78. The lowest BCUT2D eigenvalue weighted by atomic mass is 10.1. The lowest BCUT2D eigenvalue weighted by Gasteiger charge is -2.14. The van der Waals surface area contributed by atoms with E-state index in [1.54, 1.807) is 134 Å². The number of amides is 11. The van der Waals surface area contributed by atoms with E-state index in [0.717, 1.165) is 65.9 Å². The second-order valence-electron chi connectivity index (χ2n) is 26.4. The third kappa shape index (κ3) is 30.0. The van der Waals surface area contributed by atoms with Gasteiger partial charge in [-0.15, -0.1) is 0 Å². The number of pyridine rings is 3. The average Bonchev–Trinajstić information content (AvgIpc) is 0.857. The molecule has 25 nitrogen and oxygen atoms in total. The Kier molecular flexibility index (Phi) is 34.4. The number of anilines is 8. The van der Waals surface area contributed by atoms with Crippen LogP contribution in [-0.2, 0) is 37.8 Å². The van der Waals surface area contributed by atoms with Crippen molar-refractivity contribution in [3.8, 4) is 46.0 Å². The average molecular weight is 1830 g/mol. The minimum Gasteiger partial charge on any atom is -0.457 e. The molecule has 3 heterocycles. The lowest BCUT2D eigenvalue weighted by Crippen LogP contribution is -2.23. The van der Waals surface area contributed by atoms with E-state index in [0.29, 0.717) is 92.4 Å². The number of aromatic nitrogens is 3. The molecule has 12 aromatic rings. The minimum atomic E-state index is -4.65. The molecule has 0 saturated heterocycles. The van der Waals surface area contributed by atoms with Gasteiger partial charge in [-0.25, -0.2) is 19.2 Å². The molecule has 0 saturated carbocycles. The van der Waals surface area contributed by atoms with E-state index in [2.05, 4.69) is 80.4 Å². The van der Waals surface area contributed by atoms with Crippen LogP contribution < -0.4 is 77.4 Å². The van der Waals surface area contributed by atoms with E-state index < -0.39 is 68.4 Å². The molecule has 660 valence electrons. The maximum atomic E-state index is 13.0. The Morgan fingerprint density at radius 1 is 0.307 bits per heavy atom. The van der Waals surface area contributed by atoms with Crippen molar-refractivity contribution in [2.45, 2.75) is 65.5 Å². The molecule has 0 aliphatic carbocycles. The zero-order valence-electron chi connectivity index (χ0n) is 67.7. The molecular formula is C89H77Cl4F9N14O11. The molecule has 3 aromatic heterocycles. The van der Waals surface area contributed by atoms with Crippen molar-refractivity contribution in [3.63, 3.8) is 0 Å². The number of urea groups is 4. The fraction of sp³-hybridized carbons (Fsp3) is 0.146. The van der Waals surface area contributed by atoms with Gasteiger partial charge in [-0.1, -0.05) is 79.3 Å². The van der Waals surface area contributed by atoms with Gasteiger partial charge < -0.3 is 77.4 Å². The molecule has 9 aromatic carbocycles. The van der Waals surface area contributed by atoms with Crippen LogP contribution in [-0.4, -0.2) is 77.4 Å². The fourth-order valence-corrected chi connectivity index (χ4v) is 12.0. The smallest absolute Gasteiger partial charge is 0.417 e. The molecule has 38 heteroatoms. The van der Waals surface area contributed by atoms with Crippen LogP contribution in [0.4, 0.5) is 104 Å². The summed E-state index contributed by atoms with van der Waals surface area (Å²) < 4.78 is 140. The van der Waals surface area contributed by atoms with Crippen molar-refractivity contribution in [2.75, 3.05) is 63.2 Å². The molecule has 0 spiro atoms. The molecule has 0 bridgehead atoms. The molecule has 0 atom stereocenters. The number of aryl methyl sites for hydroxylation is 3. The van der Waals surface area contributed by atoms with E-state index in [1.807, 2.05) is 44.2 Å². The Morgan fingerprint density at radius 3 is 0.937 bits per heavy atom. The molecule has 11 N–H and O–H groups in total. The molecule has 0 fully saturated rings. The standard InChI is InChI=1S/C23H20ClF3N4O3.C22H18ClF3N4O3.C22H18ClF3N2O2.C22H21ClN4O3/c1-3-13-10-14(5-7-20(13)34-16-8-9-29-19(12-16)21(32)28-2)30-22(33)31-15-4-6-18(24)17(11-15)23(25,26)27;1-2-27-20(31)19-12-16(9-10-28-19)33-15-6-3-13(4-7-15)29-21(32)30-14-5-8-18(23)17(11-14)22(24,25)26;1-2-14-4-3-5-18(12-14)30-17-9-6-15(7-10-17)27-21(29)28-16-8-11-20(23)19(13-16)22(24,25)26;1-3-14-12-16(6-9-19(14)23)27-22(29)26-15-4-7-17(8-5-15)30-18-10-11-25-20(13-18)21(28)24-2/h4-12H,3H2,1-2H3,(H,28,32)(H2,30,31,33);3-12H,2H2,1H3,(H,27,31)(H2,29,30,32);3-13H,2H2,1H3,(H2,27,28,29);4-13H,3H2,1-2H3,(H,24,28)(H2,26,27,29). The van der Waals surface area contributed by atoms with Crippen molar-refractivity contribution in [3.05, 3.63) is 314 Å². The first-order chi connectivity index (χ1) is 60.5. The number of hydrogen-bond donors (Lipinski definition) is 11. The highest BCUT2D eigenvalue weighted by molar-refractivity contribution is 6.32. The number of nitrogens with zero attached hydrogens (tertiary/aromatic N) is 3. The first-order valence-corrected chi connectivity index (χ1v) is 39.5. The van der Waals surface area contributed by atoms with Gasteiger partial charge in [0.05, 0.1) is 31.8 Å². The number of carbonyl (C=O) groups is 7. The Balaban J connectivity index is 0.000000192. The fourth-order valence-electron chi connectivity index (χ4n) is 11.1. The number of hydrogen-bond acceptors (Lipinski definition) is 14. The van der Waals surface area contributed by atoms with Crippen LogP contribution in [0.5, 0.6) is 46.0 Å². The largest absolute Gasteiger partial charge is 0.457 e. The van der Waals surface area contributed by atoms with Crippen LogP contribution in [0, 0.1) is 0 Å². The first kappa shape index (κ1) is 96.5. The van der Waals surface area contributed by atoms with E-state index in [9.17, 15) is 73.1 Å². The van der Waals surface area contributed by atoms with Crippen molar-refractivity contribution in [2.24, 2.45) is 0 Å². The van der Waals surface area contributed by atoms with Gasteiger partial charge in [0.25, 0.3) is 17.7 Å². The second kappa shape index (κ2) is 45.3. The third-order valence-corrected chi connectivity index (χ3v) is 18.6. The van der Waals surface area contributed by atoms with Gasteiger partial charge in [-0.3, -0.25) is 29.3 Å². The van der Waals surface area contributed by atoms with Crippen molar-refractivity contribution in [1.29, 1.82) is 0 Å². The van der Waals surface area contributed by atoms with Crippen LogP contribution in [0.2, 0.25) is 20.1 Å². The summed E-state index contributed by atoms with van der Waals surface area (Å²) in [6.07, 6.45) is -7.27. The number of benzene rings is 9. The van der Waals surface area contributed by atoms with Gasteiger partial charge in [0.15, 0.2) is 0 Å². The molecule has 0 aliphatic rings. The van der Waals surface area contributed by atoms with Crippen molar-refractivity contribution >= 4 is 134 Å². The molecule has 12 rings (SSSR count). The highest BCUT2D eigenvalue weighted by Gasteiger charge is 2.36. The van der Waals surface area contributed by atoms with Crippen molar-refractivity contribution < 1.29 is 92.0 Å². The molecule has 0 radical (unpaired) electrons. The van der Waals surface area contributed by atoms with E-state index in [1.165, 1.54) is 63.0 Å². The predicted octanol–water partition coefficient (Wildman–Crippen LogP) is 24.5. The highest BCUT2D eigenvalue weighted by atomic mass is 35.5. The summed E-state index contributed by atoms with van der Waals surface area (Å²) in [6, 6.07) is 53.9. The maximum Gasteiger partial charge on any atom is 0.417 e. The van der Waals surface area contributed by atoms with Gasteiger partial charge in [0.2, 0.25) is 0 Å². The Bertz CT molecular complexity index is 5890. The van der Waals surface area contributed by atoms with E-state index in [4.69, 9.17) is 65.4 Å². The summed E-state index contributed by atoms with van der Waals surface area (Å²) in [5.74, 6) is 3.10. The Morgan fingerprint density at radius 2 is 0.606 bits per heavy atom. The SMILES string of the molecule is CCNC(=O)c1cc(Oc2ccc(NC(=O)Nc3ccc(Cl)c(C(F)(F)F)c3)cc2)ccn1.CCc1cc(NC(=O)Nc2ccc(Cl)c(C(F)(F)F)c2)ccc1Oc1ccnc(C(=O)NC)c1.CCc1cc(NC(=O)Nc2ccc(Oc3ccnc(C(=O)NC)c3)cc2)ccc1Cl.CCc1cccc(Oc2ccc(NC(=O)Nc3ccc(Cl)c(C(F)(F)F)c3)cc2)c1.